The van der Waals surface area contributed by atoms with Gasteiger partial charge in [0.25, 0.3) is 0 Å². The third-order valence-corrected chi connectivity index (χ3v) is 5.44. The second-order valence-electron chi connectivity index (χ2n) is 6.23. The number of thioether (sulfide) groups is 1. The normalized spacial score (nSPS) is 14.3. The van der Waals surface area contributed by atoms with Crippen molar-refractivity contribution < 1.29 is 4.79 Å². The van der Waals surface area contributed by atoms with Crippen LogP contribution in [0.1, 0.15) is 0 Å². The molecule has 0 spiro atoms. The molecule has 0 atom stereocenters. The van der Waals surface area contributed by atoms with E-state index in [1.165, 1.54) is 11.8 Å². The maximum atomic E-state index is 12.4. The number of amides is 1. The molecule has 0 radical (unpaired) electrons. The fourth-order valence-corrected chi connectivity index (χ4v) is 3.64. The highest BCUT2D eigenvalue weighted by Crippen LogP contribution is 2.18. The van der Waals surface area contributed by atoms with Gasteiger partial charge >= 0.3 is 0 Å². The van der Waals surface area contributed by atoms with E-state index in [1.54, 1.807) is 17.9 Å². The van der Waals surface area contributed by atoms with E-state index < -0.39 is 0 Å². The Balaban J connectivity index is 1.30. The van der Waals surface area contributed by atoms with Crippen LogP contribution in [0.5, 0.6) is 0 Å². The molecule has 0 bridgehead atoms. The molecule has 3 aromatic heterocycles. The zero-order chi connectivity index (χ0) is 19.3. The summed E-state index contributed by atoms with van der Waals surface area (Å²) in [6, 6.07) is 9.57. The van der Waals surface area contributed by atoms with Gasteiger partial charge in [0.2, 0.25) is 11.1 Å². The molecule has 11 heteroatoms. The van der Waals surface area contributed by atoms with E-state index in [4.69, 9.17) is 0 Å². The molecule has 10 nitrogen and oxygen atoms in total. The van der Waals surface area contributed by atoms with Crippen molar-refractivity contribution in [2.45, 2.75) is 5.16 Å². The molecule has 0 aliphatic carbocycles. The van der Waals surface area contributed by atoms with Crippen molar-refractivity contribution in [2.75, 3.05) is 36.8 Å². The average Bonchev–Trinajstić information content (AvgIpc) is 3.17. The smallest absolute Gasteiger partial charge is 0.233 e. The Hall–Kier alpha value is -3.08. The molecule has 0 N–H and O–H groups in total. The fourth-order valence-electron chi connectivity index (χ4n) is 2.89. The van der Waals surface area contributed by atoms with Gasteiger partial charge in [-0.15, -0.1) is 15.3 Å². The fraction of sp³-hybridized carbons (Fsp3) is 0.353. The molecule has 3 aromatic rings. The minimum absolute atomic E-state index is 0.0873. The number of piperazine rings is 1. The van der Waals surface area contributed by atoms with Gasteiger partial charge in [-0.3, -0.25) is 9.78 Å². The molecule has 28 heavy (non-hydrogen) atoms. The number of aromatic nitrogens is 7. The third-order valence-electron chi connectivity index (χ3n) is 4.44. The second kappa shape index (κ2) is 8.30. The second-order valence-corrected chi connectivity index (χ2v) is 7.18. The minimum atomic E-state index is 0.0873. The maximum Gasteiger partial charge on any atom is 0.233 e. The van der Waals surface area contributed by atoms with E-state index in [1.807, 2.05) is 35.2 Å². The summed E-state index contributed by atoms with van der Waals surface area (Å²) in [7, 11) is 1.76. The Morgan fingerprint density at radius 1 is 1.04 bits per heavy atom. The number of hydrogen-bond donors (Lipinski definition) is 0. The number of tetrazole rings is 1. The van der Waals surface area contributed by atoms with Crippen LogP contribution in [0, 0.1) is 0 Å². The van der Waals surface area contributed by atoms with E-state index >= 15 is 0 Å². The van der Waals surface area contributed by atoms with Crippen LogP contribution in [0.2, 0.25) is 0 Å². The highest BCUT2D eigenvalue weighted by molar-refractivity contribution is 7.99. The highest BCUT2D eigenvalue weighted by atomic mass is 32.2. The molecule has 0 unspecified atom stereocenters. The van der Waals surface area contributed by atoms with Crippen molar-refractivity contribution in [1.29, 1.82) is 0 Å². The van der Waals surface area contributed by atoms with Crippen LogP contribution < -0.4 is 4.90 Å². The summed E-state index contributed by atoms with van der Waals surface area (Å²) in [6.07, 6.45) is 1.74. The van der Waals surface area contributed by atoms with Crippen LogP contribution in [0.15, 0.2) is 41.7 Å². The molecule has 0 aromatic carbocycles. The van der Waals surface area contributed by atoms with Crippen molar-refractivity contribution >= 4 is 23.5 Å². The first kappa shape index (κ1) is 18.3. The van der Waals surface area contributed by atoms with Crippen LogP contribution in [-0.4, -0.2) is 78.1 Å². The SMILES string of the molecule is Cn1nnnc1SCC(=O)N1CCN(c2ccc(-c3ccccn3)nn2)CC1. The van der Waals surface area contributed by atoms with E-state index in [0.717, 1.165) is 30.3 Å². The van der Waals surface area contributed by atoms with Gasteiger partial charge < -0.3 is 9.80 Å². The van der Waals surface area contributed by atoms with Gasteiger partial charge in [0.1, 0.15) is 5.69 Å². The Morgan fingerprint density at radius 2 is 1.89 bits per heavy atom. The molecule has 1 fully saturated rings. The van der Waals surface area contributed by atoms with E-state index in [0.29, 0.717) is 24.0 Å². The van der Waals surface area contributed by atoms with Crippen LogP contribution >= 0.6 is 11.8 Å². The lowest BCUT2D eigenvalue weighted by Crippen LogP contribution is -2.49. The number of pyridine rings is 1. The monoisotopic (exact) mass is 397 g/mol. The lowest BCUT2D eigenvalue weighted by Gasteiger charge is -2.35. The van der Waals surface area contributed by atoms with Gasteiger partial charge in [0.05, 0.1) is 11.4 Å². The predicted octanol–water partition coefficient (Wildman–Crippen LogP) is 0.503. The zero-order valence-electron chi connectivity index (χ0n) is 15.3. The summed E-state index contributed by atoms with van der Waals surface area (Å²) in [5.74, 6) is 1.22. The molecular weight excluding hydrogens is 378 g/mol. The van der Waals surface area contributed by atoms with Crippen molar-refractivity contribution in [3.05, 3.63) is 36.5 Å². The number of carbonyl (C=O) groups excluding carboxylic acids is 1. The highest BCUT2D eigenvalue weighted by Gasteiger charge is 2.22. The van der Waals surface area contributed by atoms with E-state index in [9.17, 15) is 4.79 Å². The summed E-state index contributed by atoms with van der Waals surface area (Å²) < 4.78 is 1.56. The third kappa shape index (κ3) is 4.09. The summed E-state index contributed by atoms with van der Waals surface area (Å²) in [5, 5.41) is 20.5. The summed E-state index contributed by atoms with van der Waals surface area (Å²) in [6.45, 7) is 2.75. The first-order valence-corrected chi connectivity index (χ1v) is 9.82. The number of hydrogen-bond acceptors (Lipinski definition) is 9. The van der Waals surface area contributed by atoms with E-state index in [-0.39, 0.29) is 5.91 Å². The molecule has 1 aliphatic heterocycles. The number of anilines is 1. The lowest BCUT2D eigenvalue weighted by atomic mass is 10.2. The van der Waals surface area contributed by atoms with Crippen LogP contribution in [0.4, 0.5) is 5.82 Å². The van der Waals surface area contributed by atoms with Crippen molar-refractivity contribution in [3.63, 3.8) is 0 Å². The Kier molecular flexibility index (Phi) is 5.42. The zero-order valence-corrected chi connectivity index (χ0v) is 16.2. The van der Waals surface area contributed by atoms with Gasteiger partial charge in [-0.1, -0.05) is 17.8 Å². The topological polar surface area (TPSA) is 106 Å². The van der Waals surface area contributed by atoms with Gasteiger partial charge in [0, 0.05) is 39.4 Å². The Labute approximate surface area is 166 Å². The molecule has 4 rings (SSSR count). The van der Waals surface area contributed by atoms with Gasteiger partial charge in [-0.2, -0.15) is 0 Å². The average molecular weight is 397 g/mol. The van der Waals surface area contributed by atoms with Crippen molar-refractivity contribution in [3.8, 4) is 11.4 Å². The number of carbonyl (C=O) groups is 1. The van der Waals surface area contributed by atoms with Gasteiger partial charge in [-0.25, -0.2) is 4.68 Å². The molecule has 1 amide bonds. The largest absolute Gasteiger partial charge is 0.352 e. The Bertz CT molecular complexity index is 923. The standard InChI is InChI=1S/C17H19N9OS/c1-24-17(21-22-23-24)28-12-16(27)26-10-8-25(9-11-26)15-6-5-14(19-20-15)13-4-2-3-7-18-13/h2-7H,8-12H2,1H3. The van der Waals surface area contributed by atoms with Crippen LogP contribution in [-0.2, 0) is 11.8 Å². The maximum absolute atomic E-state index is 12.4. The predicted molar refractivity (Wildman–Crippen MR) is 104 cm³/mol. The first-order valence-electron chi connectivity index (χ1n) is 8.84. The van der Waals surface area contributed by atoms with E-state index in [2.05, 4.69) is 35.6 Å². The lowest BCUT2D eigenvalue weighted by molar-refractivity contribution is -0.128. The van der Waals surface area contributed by atoms with Gasteiger partial charge in [0.15, 0.2) is 5.82 Å². The Morgan fingerprint density at radius 3 is 2.54 bits per heavy atom. The summed E-state index contributed by atoms with van der Waals surface area (Å²) in [5.41, 5.74) is 1.54. The molecule has 0 saturated carbocycles. The van der Waals surface area contributed by atoms with Crippen LogP contribution in [0.3, 0.4) is 0 Å². The first-order chi connectivity index (χ1) is 13.7. The van der Waals surface area contributed by atoms with Crippen molar-refractivity contribution in [2.24, 2.45) is 7.05 Å². The summed E-state index contributed by atoms with van der Waals surface area (Å²) in [4.78, 5) is 20.7. The van der Waals surface area contributed by atoms with Gasteiger partial charge in [-0.05, 0) is 34.7 Å². The summed E-state index contributed by atoms with van der Waals surface area (Å²) >= 11 is 1.35. The number of aryl methyl sites for hydroxylation is 1. The van der Waals surface area contributed by atoms with Crippen molar-refractivity contribution in [1.82, 2.24) is 40.3 Å². The molecule has 1 aliphatic rings. The van der Waals surface area contributed by atoms with Crippen LogP contribution in [0.25, 0.3) is 11.4 Å². The minimum Gasteiger partial charge on any atom is -0.352 e. The molecule has 1 saturated heterocycles. The number of rotatable bonds is 5. The number of nitrogens with zero attached hydrogens (tertiary/aromatic N) is 9. The molecular formula is C17H19N9OS. The quantitative estimate of drug-likeness (QED) is 0.569. The molecule has 4 heterocycles. The molecule has 144 valence electrons.